The molecular weight excluding hydrogens is 607 g/mol. The Morgan fingerprint density at radius 1 is 0.681 bits per heavy atom. The van der Waals surface area contributed by atoms with Crippen LogP contribution in [0.4, 0.5) is 0 Å². The lowest BCUT2D eigenvalue weighted by Gasteiger charge is -2.29. The van der Waals surface area contributed by atoms with E-state index in [1.54, 1.807) is 0 Å². The lowest BCUT2D eigenvalue weighted by Crippen LogP contribution is -2.17. The summed E-state index contributed by atoms with van der Waals surface area (Å²) in [7, 11) is 0. The molecule has 1 aliphatic rings. The Balaban J connectivity index is 1.93. The van der Waals surface area contributed by atoms with E-state index in [2.05, 4.69) is 149 Å². The van der Waals surface area contributed by atoms with Gasteiger partial charge < -0.3 is 0 Å². The second-order valence-electron chi connectivity index (χ2n) is 18.2. The van der Waals surface area contributed by atoms with Crippen LogP contribution in [0.25, 0.3) is 27.9 Å². The zero-order valence-electron chi connectivity index (χ0n) is 31.6. The van der Waals surface area contributed by atoms with Crippen LogP contribution in [0, 0.1) is 3.95 Å². The van der Waals surface area contributed by atoms with Crippen LogP contribution in [-0.4, -0.2) is 4.57 Å². The van der Waals surface area contributed by atoms with Crippen molar-refractivity contribution >= 4 is 23.6 Å². The summed E-state index contributed by atoms with van der Waals surface area (Å²) in [4.78, 5) is 1.53. The molecule has 5 rings (SSSR count). The molecule has 0 saturated heterocycles. The topological polar surface area (TPSA) is 4.93 Å². The molecule has 0 saturated carbocycles. The summed E-state index contributed by atoms with van der Waals surface area (Å²) in [5, 5.41) is 0. The predicted molar refractivity (Wildman–Crippen MR) is 211 cm³/mol. The first-order valence-electron chi connectivity index (χ1n) is 17.9. The van der Waals surface area contributed by atoms with E-state index in [9.17, 15) is 0 Å². The van der Waals surface area contributed by atoms with Gasteiger partial charge in [0.05, 0.1) is 5.69 Å². The van der Waals surface area contributed by atoms with Gasteiger partial charge in [0, 0.05) is 21.7 Å². The van der Waals surface area contributed by atoms with Crippen molar-refractivity contribution in [1.29, 1.82) is 0 Å². The number of hydrogen-bond donors (Lipinski definition) is 0. The van der Waals surface area contributed by atoms with E-state index in [-0.39, 0.29) is 21.7 Å². The third kappa shape index (κ3) is 7.42. The van der Waals surface area contributed by atoms with Crippen molar-refractivity contribution in [3.8, 4) is 27.9 Å². The predicted octanol–water partition coefficient (Wildman–Crippen LogP) is 14.0. The summed E-state index contributed by atoms with van der Waals surface area (Å²) in [5.41, 5.74) is 13.4. The maximum atomic E-state index is 6.38. The fourth-order valence-electron chi connectivity index (χ4n) is 7.02. The zero-order chi connectivity index (χ0) is 34.7. The van der Waals surface area contributed by atoms with Gasteiger partial charge in [-0.2, -0.15) is 0 Å². The summed E-state index contributed by atoms with van der Waals surface area (Å²) in [6.45, 7) is 30.3. The highest BCUT2D eigenvalue weighted by molar-refractivity contribution is 7.73. The fourth-order valence-corrected chi connectivity index (χ4v) is 8.68. The van der Waals surface area contributed by atoms with Crippen LogP contribution in [-0.2, 0) is 28.1 Å². The normalized spacial score (nSPS) is 16.0. The molecule has 0 radical (unpaired) electrons. The molecule has 0 spiro atoms. The Hall–Kier alpha value is -2.49. The van der Waals surface area contributed by atoms with Crippen LogP contribution in [0.5, 0.6) is 0 Å². The van der Waals surface area contributed by atoms with Crippen molar-refractivity contribution in [3.05, 3.63) is 91.4 Å². The van der Waals surface area contributed by atoms with E-state index in [0.717, 1.165) is 10.4 Å². The van der Waals surface area contributed by atoms with Gasteiger partial charge in [0.25, 0.3) is 0 Å². The van der Waals surface area contributed by atoms with Gasteiger partial charge in [-0.25, -0.2) is 0 Å². The minimum Gasteiger partial charge on any atom is -0.294 e. The van der Waals surface area contributed by atoms with Crippen LogP contribution >= 0.6 is 23.6 Å². The van der Waals surface area contributed by atoms with Gasteiger partial charge in [-0.3, -0.25) is 4.57 Å². The number of aromatic nitrogens is 1. The third-order valence-electron chi connectivity index (χ3n) is 10.1. The van der Waals surface area contributed by atoms with E-state index in [1.807, 2.05) is 11.3 Å². The lowest BCUT2D eigenvalue weighted by atomic mass is 9.77. The van der Waals surface area contributed by atoms with Gasteiger partial charge in [0.15, 0.2) is 3.95 Å². The summed E-state index contributed by atoms with van der Waals surface area (Å²) < 4.78 is 3.50. The number of para-hydroxylation sites is 1. The molecule has 1 atom stereocenters. The molecule has 3 aromatic carbocycles. The van der Waals surface area contributed by atoms with Gasteiger partial charge >= 0.3 is 0 Å². The van der Waals surface area contributed by atoms with Gasteiger partial charge in [-0.1, -0.05) is 151 Å². The van der Waals surface area contributed by atoms with Crippen molar-refractivity contribution in [2.75, 3.05) is 0 Å². The number of fused-ring (bicyclic) bond motifs is 1. The standard InChI is InChI=1S/C44H59NS2/c1-14-17-28-18-15-21-37-39(28)47-40(46)45(37)38-35(29-22-31(41(2,3)4)26-32(23-29)42(5,6)7)19-16-20-36(38)30-24-33(43(8,9)10)27-34(25-30)44(11,12)13/h16,19-20,22-28H,14-15,17-18,21H2,1-13H3. The number of rotatable bonds is 5. The molecule has 0 N–H and O–H groups in total. The lowest BCUT2D eigenvalue weighted by molar-refractivity contribution is 0.514. The largest absolute Gasteiger partial charge is 0.294 e. The Morgan fingerprint density at radius 3 is 1.49 bits per heavy atom. The molecule has 0 fully saturated rings. The molecule has 0 amide bonds. The quantitative estimate of drug-likeness (QED) is 0.192. The van der Waals surface area contributed by atoms with E-state index >= 15 is 0 Å². The van der Waals surface area contributed by atoms with Crippen LogP contribution in [0.3, 0.4) is 0 Å². The molecule has 4 aromatic rings. The van der Waals surface area contributed by atoms with Crippen molar-refractivity contribution in [3.63, 3.8) is 0 Å². The highest BCUT2D eigenvalue weighted by atomic mass is 32.1. The summed E-state index contributed by atoms with van der Waals surface area (Å²) in [5.74, 6) is 0.612. The third-order valence-corrected chi connectivity index (χ3v) is 11.7. The van der Waals surface area contributed by atoms with Gasteiger partial charge in [-0.15, -0.1) is 11.3 Å². The van der Waals surface area contributed by atoms with E-state index in [4.69, 9.17) is 12.2 Å². The van der Waals surface area contributed by atoms with Crippen molar-refractivity contribution < 1.29 is 0 Å². The average Bonchev–Trinajstić information content (AvgIpc) is 3.31. The molecule has 1 nitrogen and oxygen atoms in total. The van der Waals surface area contributed by atoms with E-state index < -0.39 is 0 Å². The number of thiazole rings is 1. The van der Waals surface area contributed by atoms with Gasteiger partial charge in [0.1, 0.15) is 0 Å². The van der Waals surface area contributed by atoms with Crippen LogP contribution in [0.15, 0.2) is 54.6 Å². The number of nitrogens with zero attached hydrogens (tertiary/aromatic N) is 1. The zero-order valence-corrected chi connectivity index (χ0v) is 33.2. The summed E-state index contributed by atoms with van der Waals surface area (Å²) in [6, 6.07) is 21.6. The molecule has 1 aromatic heterocycles. The second kappa shape index (κ2) is 12.8. The Bertz CT molecular complexity index is 1660. The number of benzene rings is 3. The molecule has 252 valence electrons. The van der Waals surface area contributed by atoms with E-state index in [0.29, 0.717) is 5.92 Å². The Labute approximate surface area is 295 Å². The second-order valence-corrected chi connectivity index (χ2v) is 19.9. The molecule has 1 aliphatic carbocycles. The first kappa shape index (κ1) is 35.8. The minimum absolute atomic E-state index is 0.0294. The first-order chi connectivity index (χ1) is 21.7. The maximum absolute atomic E-state index is 6.38. The molecule has 0 bridgehead atoms. The average molecular weight is 666 g/mol. The van der Waals surface area contributed by atoms with Crippen molar-refractivity contribution in [1.82, 2.24) is 4.57 Å². The monoisotopic (exact) mass is 665 g/mol. The maximum Gasteiger partial charge on any atom is 0.166 e. The van der Waals surface area contributed by atoms with Gasteiger partial charge in [0.2, 0.25) is 0 Å². The Kier molecular flexibility index (Phi) is 9.72. The Morgan fingerprint density at radius 2 is 1.11 bits per heavy atom. The molecule has 1 unspecified atom stereocenters. The SMILES string of the molecule is CCCC1CCCc2c1sc(=S)n2-c1c(-c2cc(C(C)(C)C)cc(C(C)(C)C)c2)cccc1-c1cc(C(C)(C)C)cc(C(C)(C)C)c1. The molecule has 1 heterocycles. The fraction of sp³-hybridized carbons (Fsp3) is 0.523. The van der Waals surface area contributed by atoms with Crippen LogP contribution in [0.2, 0.25) is 0 Å². The first-order valence-corrected chi connectivity index (χ1v) is 19.1. The minimum atomic E-state index is 0.0294. The highest BCUT2D eigenvalue weighted by Crippen LogP contribution is 2.46. The van der Waals surface area contributed by atoms with Crippen molar-refractivity contribution in [2.45, 2.75) is 150 Å². The molecule has 0 aliphatic heterocycles. The molecular formula is C44H59NS2. The summed E-state index contributed by atoms with van der Waals surface area (Å²) >= 11 is 8.26. The van der Waals surface area contributed by atoms with Crippen LogP contribution in [0.1, 0.15) is 154 Å². The van der Waals surface area contributed by atoms with Crippen LogP contribution < -0.4 is 0 Å². The molecule has 3 heteroatoms. The molecule has 47 heavy (non-hydrogen) atoms. The summed E-state index contributed by atoms with van der Waals surface area (Å²) in [6.07, 6.45) is 6.03. The van der Waals surface area contributed by atoms with E-state index in [1.165, 1.54) is 86.4 Å². The number of hydrogen-bond acceptors (Lipinski definition) is 2. The van der Waals surface area contributed by atoms with Gasteiger partial charge in [-0.05, 0) is 98.9 Å². The smallest absolute Gasteiger partial charge is 0.166 e. The highest BCUT2D eigenvalue weighted by Gasteiger charge is 2.30. The van der Waals surface area contributed by atoms with Crippen molar-refractivity contribution in [2.24, 2.45) is 0 Å².